The second kappa shape index (κ2) is 4.91. The molecule has 1 rings (SSSR count). The number of aryl methyl sites for hydroxylation is 1. The van der Waals surface area contributed by atoms with Crippen molar-refractivity contribution in [3.63, 3.8) is 0 Å². The zero-order valence-electron chi connectivity index (χ0n) is 9.14. The molecule has 0 fully saturated rings. The number of pyridine rings is 1. The highest BCUT2D eigenvalue weighted by Crippen LogP contribution is 2.17. The molecule has 0 unspecified atom stereocenters. The van der Waals surface area contributed by atoms with Crippen molar-refractivity contribution in [2.24, 2.45) is 0 Å². The third-order valence-corrected chi connectivity index (χ3v) is 5.99. The van der Waals surface area contributed by atoms with Crippen LogP contribution in [-0.4, -0.2) is 33.2 Å². The lowest BCUT2D eigenvalue weighted by atomic mass is 10.3. The molecular formula is C8H11BrN2O4S2. The van der Waals surface area contributed by atoms with Crippen LogP contribution in [0.3, 0.4) is 0 Å². The van der Waals surface area contributed by atoms with Gasteiger partial charge in [-0.1, -0.05) is 0 Å². The van der Waals surface area contributed by atoms with Gasteiger partial charge in [-0.3, -0.25) is 4.72 Å². The van der Waals surface area contributed by atoms with E-state index in [2.05, 4.69) is 25.6 Å². The summed E-state index contributed by atoms with van der Waals surface area (Å²) in [6.45, 7) is 1.74. The number of aromatic nitrogens is 1. The van der Waals surface area contributed by atoms with E-state index in [1.807, 2.05) is 0 Å². The minimum absolute atomic E-state index is 0.231. The van der Waals surface area contributed by atoms with Gasteiger partial charge in [0.15, 0.2) is 14.9 Å². The Hall–Kier alpha value is -0.670. The van der Waals surface area contributed by atoms with E-state index < -0.39 is 24.9 Å². The molecule has 96 valence electrons. The average molecular weight is 343 g/mol. The summed E-state index contributed by atoms with van der Waals surface area (Å²) in [5.41, 5.74) is 0.971. The Bertz CT molecular complexity index is 625. The largest absolute Gasteiger partial charge is 0.281 e. The van der Waals surface area contributed by atoms with Gasteiger partial charge >= 0.3 is 0 Å². The summed E-state index contributed by atoms with van der Waals surface area (Å²) >= 11 is 3.17. The first-order valence-electron chi connectivity index (χ1n) is 4.39. The van der Waals surface area contributed by atoms with Gasteiger partial charge in [0.1, 0.15) is 4.60 Å². The maximum atomic E-state index is 11.5. The van der Waals surface area contributed by atoms with Crippen molar-refractivity contribution >= 4 is 41.5 Å². The Kier molecular flexibility index (Phi) is 4.15. The van der Waals surface area contributed by atoms with Crippen LogP contribution in [0.4, 0.5) is 5.69 Å². The second-order valence-electron chi connectivity index (χ2n) is 3.59. The molecule has 0 radical (unpaired) electrons. The molecule has 0 saturated carbocycles. The predicted octanol–water partition coefficient (Wildman–Crippen LogP) is 0.896. The molecule has 9 heteroatoms. The SMILES string of the molecule is Cc1cc(NS(=O)(=O)CS(C)(=O)=O)cnc1Br. The molecule has 0 saturated heterocycles. The standard InChI is InChI=1S/C8H11BrN2O4S2/c1-6-3-7(4-10-8(6)9)11-17(14,15)5-16(2,12)13/h3-4,11H,5H2,1-2H3. The highest BCUT2D eigenvalue weighted by atomic mass is 79.9. The molecule has 1 heterocycles. The van der Waals surface area contributed by atoms with Gasteiger partial charge in [-0.05, 0) is 34.5 Å². The molecule has 1 N–H and O–H groups in total. The smallest absolute Gasteiger partial charge is 0.247 e. The normalized spacial score (nSPS) is 12.4. The van der Waals surface area contributed by atoms with E-state index in [-0.39, 0.29) is 5.69 Å². The predicted molar refractivity (Wildman–Crippen MR) is 68.9 cm³/mol. The molecule has 0 aromatic carbocycles. The third kappa shape index (κ3) is 5.00. The Balaban J connectivity index is 2.95. The van der Waals surface area contributed by atoms with Gasteiger partial charge in [0.05, 0.1) is 11.9 Å². The fraction of sp³-hybridized carbons (Fsp3) is 0.375. The summed E-state index contributed by atoms with van der Waals surface area (Å²) in [4.78, 5) is 3.90. The number of anilines is 1. The van der Waals surface area contributed by atoms with Gasteiger partial charge in [-0.15, -0.1) is 0 Å². The third-order valence-electron chi connectivity index (χ3n) is 1.66. The number of sulfone groups is 1. The molecule has 0 amide bonds. The number of halogens is 1. The number of nitrogens with one attached hydrogen (secondary N) is 1. The number of hydrogen-bond acceptors (Lipinski definition) is 5. The van der Waals surface area contributed by atoms with Crippen LogP contribution in [0.25, 0.3) is 0 Å². The van der Waals surface area contributed by atoms with Gasteiger partial charge in [0.25, 0.3) is 0 Å². The minimum atomic E-state index is -3.92. The van der Waals surface area contributed by atoms with Crippen molar-refractivity contribution in [2.45, 2.75) is 6.92 Å². The van der Waals surface area contributed by atoms with Crippen LogP contribution in [0.1, 0.15) is 5.56 Å². The van der Waals surface area contributed by atoms with Crippen LogP contribution in [0.15, 0.2) is 16.9 Å². The lowest BCUT2D eigenvalue weighted by Crippen LogP contribution is -2.22. The average Bonchev–Trinajstić information content (AvgIpc) is 2.06. The Labute approximate surface area is 109 Å². The molecule has 17 heavy (non-hydrogen) atoms. The van der Waals surface area contributed by atoms with Gasteiger partial charge in [0.2, 0.25) is 10.0 Å². The van der Waals surface area contributed by atoms with Gasteiger partial charge < -0.3 is 0 Å². The van der Waals surface area contributed by atoms with Crippen molar-refractivity contribution < 1.29 is 16.8 Å². The van der Waals surface area contributed by atoms with E-state index in [4.69, 9.17) is 0 Å². The van der Waals surface area contributed by atoms with Crippen LogP contribution >= 0.6 is 15.9 Å². The Morgan fingerprint density at radius 1 is 1.35 bits per heavy atom. The van der Waals surface area contributed by atoms with E-state index in [1.165, 1.54) is 6.20 Å². The fourth-order valence-corrected chi connectivity index (χ4v) is 4.28. The highest BCUT2D eigenvalue weighted by Gasteiger charge is 2.18. The number of rotatable bonds is 4. The molecule has 0 atom stereocenters. The number of nitrogens with zero attached hydrogens (tertiary/aromatic N) is 1. The van der Waals surface area contributed by atoms with E-state index in [0.717, 1.165) is 11.8 Å². The van der Waals surface area contributed by atoms with Crippen LogP contribution in [0.5, 0.6) is 0 Å². The summed E-state index contributed by atoms with van der Waals surface area (Å²) in [5, 5.41) is -0.949. The molecule has 1 aromatic heterocycles. The second-order valence-corrected chi connectivity index (χ2v) is 8.57. The van der Waals surface area contributed by atoms with Crippen molar-refractivity contribution in [1.82, 2.24) is 4.98 Å². The monoisotopic (exact) mass is 342 g/mol. The molecule has 0 spiro atoms. The number of sulfonamides is 1. The van der Waals surface area contributed by atoms with Gasteiger partial charge in [-0.2, -0.15) is 0 Å². The molecule has 6 nitrogen and oxygen atoms in total. The number of hydrogen-bond donors (Lipinski definition) is 1. The van der Waals surface area contributed by atoms with Crippen LogP contribution in [-0.2, 0) is 19.9 Å². The summed E-state index contributed by atoms with van der Waals surface area (Å²) < 4.78 is 47.5. The summed E-state index contributed by atoms with van der Waals surface area (Å²) in [6.07, 6.45) is 2.16. The van der Waals surface area contributed by atoms with E-state index in [1.54, 1.807) is 13.0 Å². The zero-order chi connectivity index (χ0) is 13.3. The maximum absolute atomic E-state index is 11.5. The maximum Gasteiger partial charge on any atom is 0.247 e. The Morgan fingerprint density at radius 3 is 2.41 bits per heavy atom. The van der Waals surface area contributed by atoms with Crippen LogP contribution in [0, 0.1) is 6.92 Å². The highest BCUT2D eigenvalue weighted by molar-refractivity contribution is 9.10. The summed E-state index contributed by atoms with van der Waals surface area (Å²) in [5.74, 6) is 0. The van der Waals surface area contributed by atoms with E-state index >= 15 is 0 Å². The first-order chi connectivity index (χ1) is 7.59. The summed E-state index contributed by atoms with van der Waals surface area (Å²) in [7, 11) is -7.52. The molecule has 0 aliphatic rings. The summed E-state index contributed by atoms with van der Waals surface area (Å²) in [6, 6.07) is 1.55. The fourth-order valence-electron chi connectivity index (χ4n) is 1.10. The Morgan fingerprint density at radius 2 is 1.94 bits per heavy atom. The van der Waals surface area contributed by atoms with Crippen molar-refractivity contribution in [1.29, 1.82) is 0 Å². The topological polar surface area (TPSA) is 93.2 Å². The minimum Gasteiger partial charge on any atom is -0.281 e. The zero-order valence-corrected chi connectivity index (χ0v) is 12.4. The molecular weight excluding hydrogens is 332 g/mol. The molecule has 0 aliphatic carbocycles. The first kappa shape index (κ1) is 14.4. The van der Waals surface area contributed by atoms with Crippen molar-refractivity contribution in [2.75, 3.05) is 16.1 Å². The van der Waals surface area contributed by atoms with Gasteiger partial charge in [-0.25, -0.2) is 21.8 Å². The lowest BCUT2D eigenvalue weighted by molar-refractivity contribution is 0.595. The van der Waals surface area contributed by atoms with Gasteiger partial charge in [0, 0.05) is 6.26 Å². The van der Waals surface area contributed by atoms with Crippen molar-refractivity contribution in [3.05, 3.63) is 22.4 Å². The van der Waals surface area contributed by atoms with E-state index in [9.17, 15) is 16.8 Å². The quantitative estimate of drug-likeness (QED) is 0.820. The molecule has 0 aliphatic heterocycles. The molecule has 1 aromatic rings. The lowest BCUT2D eigenvalue weighted by Gasteiger charge is -2.07. The van der Waals surface area contributed by atoms with Crippen LogP contribution < -0.4 is 4.72 Å². The van der Waals surface area contributed by atoms with Crippen molar-refractivity contribution in [3.8, 4) is 0 Å². The van der Waals surface area contributed by atoms with Crippen LogP contribution in [0.2, 0.25) is 0 Å². The molecule has 0 bridgehead atoms. The van der Waals surface area contributed by atoms with E-state index in [0.29, 0.717) is 4.60 Å². The first-order valence-corrected chi connectivity index (χ1v) is 8.90.